The third kappa shape index (κ3) is 6.47. The molecule has 4 N–H and O–H groups in total. The number of rotatable bonds is 12. The molecule has 2 aromatic carbocycles. The number of H-pyrrole nitrogens is 4. The van der Waals surface area contributed by atoms with E-state index < -0.39 is 10.0 Å². The molecule has 7 rings (SSSR count). The minimum Gasteiger partial charge on any atom is -0.448 e. The number of tetrazole rings is 2. The molecule has 0 fully saturated rings. The highest BCUT2D eigenvalue weighted by Crippen LogP contribution is 2.35. The van der Waals surface area contributed by atoms with E-state index in [1.54, 1.807) is 35.0 Å². The number of benzene rings is 2. The third-order valence-corrected chi connectivity index (χ3v) is 10.4. The first kappa shape index (κ1) is 31.4. The lowest BCUT2D eigenvalue weighted by Crippen LogP contribution is -2.35. The van der Waals surface area contributed by atoms with Gasteiger partial charge < -0.3 is 4.42 Å². The van der Waals surface area contributed by atoms with Crippen LogP contribution in [0.25, 0.3) is 40.0 Å². The van der Waals surface area contributed by atoms with Crippen LogP contribution in [0.15, 0.2) is 74.2 Å². The Balaban J connectivity index is 1.35. The topological polar surface area (TPSA) is 234 Å². The highest BCUT2D eigenvalue weighted by Gasteiger charge is 2.31. The zero-order valence-electron chi connectivity index (χ0n) is 25.5. The first-order valence-corrected chi connectivity index (χ1v) is 17.5. The van der Waals surface area contributed by atoms with E-state index in [2.05, 4.69) is 61.5 Å². The van der Waals surface area contributed by atoms with Crippen LogP contribution in [0, 0.1) is 6.92 Å². The monoisotopic (exact) mass is 704 g/mol. The molecule has 0 amide bonds. The van der Waals surface area contributed by atoms with Crippen molar-refractivity contribution < 1.29 is 17.5 Å². The number of nitrogens with one attached hydrogen (secondary N) is 4. The van der Waals surface area contributed by atoms with Crippen LogP contribution < -0.4 is 4.68 Å². The van der Waals surface area contributed by atoms with Crippen LogP contribution >= 0.6 is 23.5 Å². The summed E-state index contributed by atoms with van der Waals surface area (Å²) < 4.78 is 35.6. The summed E-state index contributed by atoms with van der Waals surface area (Å²) in [6, 6.07) is 16.3. The van der Waals surface area contributed by atoms with E-state index in [1.165, 1.54) is 37.6 Å². The average molecular weight is 705 g/mol. The lowest BCUT2D eigenvalue weighted by atomic mass is 10.1. The van der Waals surface area contributed by atoms with Crippen molar-refractivity contribution in [3.63, 3.8) is 0 Å². The van der Waals surface area contributed by atoms with Crippen molar-refractivity contribution in [3.8, 4) is 40.0 Å². The first-order chi connectivity index (χ1) is 23.2. The van der Waals surface area contributed by atoms with Crippen molar-refractivity contribution in [3.05, 3.63) is 71.8 Å². The maximum Gasteiger partial charge on any atom is 0.357 e. The van der Waals surface area contributed by atoms with Crippen LogP contribution in [0.3, 0.4) is 0 Å². The van der Waals surface area contributed by atoms with Gasteiger partial charge in [0.05, 0.1) is 22.0 Å². The van der Waals surface area contributed by atoms with Gasteiger partial charge in [0, 0.05) is 25.7 Å². The van der Waals surface area contributed by atoms with E-state index in [1.807, 2.05) is 31.2 Å². The van der Waals surface area contributed by atoms with Crippen molar-refractivity contribution in [1.29, 1.82) is 0 Å². The second-order valence-electron chi connectivity index (χ2n) is 10.4. The van der Waals surface area contributed by atoms with Gasteiger partial charge in [0.15, 0.2) is 29.0 Å². The normalized spacial score (nSPS) is 11.9. The number of thioether (sulfide) groups is 2. The molecule has 0 saturated heterocycles. The highest BCUT2D eigenvalue weighted by atomic mass is 32.2. The molecule has 0 unspecified atom stereocenters. The Morgan fingerprint density at radius 3 is 2.31 bits per heavy atom. The largest absolute Gasteiger partial charge is 0.448 e. The molecular formula is C27H26N15O3S3+. The molecule has 0 bridgehead atoms. The molecule has 5 heterocycles. The maximum absolute atomic E-state index is 13.1. The Morgan fingerprint density at radius 1 is 0.875 bits per heavy atom. The van der Waals surface area contributed by atoms with Gasteiger partial charge in [-0.25, -0.2) is 12.7 Å². The standard InChI is InChI=1S/C27H25N15O3S3/c1-15-6-4-8-17(10-15)25-29-27(47-14-22-32-39-40-33-22)36-42(25)19-12-20(24-28-26(35-34-24)46-13-21-30-37-38-31-21)45-23(19)16-7-5-9-18(11-16)48(43,44)41(2)3/h4-12H,13-14H2,1-3H3,(H3,28,30,31,32,33,34,35,37,38,39,40)/p+1. The van der Waals surface area contributed by atoms with Crippen LogP contribution in [0.1, 0.15) is 17.2 Å². The fourth-order valence-corrected chi connectivity index (χ4v) is 6.88. The van der Waals surface area contributed by atoms with Gasteiger partial charge in [-0.2, -0.15) is 20.5 Å². The predicted molar refractivity (Wildman–Crippen MR) is 172 cm³/mol. The Hall–Kier alpha value is -5.25. The Kier molecular flexibility index (Phi) is 8.56. The summed E-state index contributed by atoms with van der Waals surface area (Å²) in [6.45, 7) is 2.00. The number of hydrogen-bond acceptors (Lipinski definition) is 14. The number of aryl methyl sites for hydroxylation is 1. The van der Waals surface area contributed by atoms with Crippen molar-refractivity contribution in [1.82, 2.24) is 70.8 Å². The van der Waals surface area contributed by atoms with Gasteiger partial charge in [0.2, 0.25) is 20.9 Å². The molecule has 244 valence electrons. The molecule has 0 aliphatic heterocycles. The van der Waals surface area contributed by atoms with Gasteiger partial charge in [0.1, 0.15) is 0 Å². The summed E-state index contributed by atoms with van der Waals surface area (Å²) >= 11 is 2.71. The van der Waals surface area contributed by atoms with Crippen molar-refractivity contribution >= 4 is 33.5 Å². The molecule has 0 aliphatic rings. The summed E-state index contributed by atoms with van der Waals surface area (Å²) in [5.74, 6) is 3.52. The molecule has 18 nitrogen and oxygen atoms in total. The Labute approximate surface area is 280 Å². The highest BCUT2D eigenvalue weighted by molar-refractivity contribution is 7.98. The van der Waals surface area contributed by atoms with Crippen LogP contribution in [0.2, 0.25) is 0 Å². The molecule has 5 aromatic heterocycles. The fraction of sp³-hybridized carbons (Fsp3) is 0.185. The number of aromatic nitrogens is 14. The van der Waals surface area contributed by atoms with Gasteiger partial charge in [-0.3, -0.25) is 5.10 Å². The van der Waals surface area contributed by atoms with Gasteiger partial charge in [0.25, 0.3) is 0 Å². The zero-order valence-corrected chi connectivity index (χ0v) is 27.9. The third-order valence-electron chi connectivity index (χ3n) is 6.88. The predicted octanol–water partition coefficient (Wildman–Crippen LogP) is 2.57. The smallest absolute Gasteiger partial charge is 0.357 e. The zero-order chi connectivity index (χ0) is 33.3. The van der Waals surface area contributed by atoms with E-state index in [0.717, 1.165) is 15.4 Å². The molecule has 0 saturated carbocycles. The van der Waals surface area contributed by atoms with E-state index in [4.69, 9.17) is 9.40 Å². The molecular weight excluding hydrogens is 679 g/mol. The quantitative estimate of drug-likeness (QED) is 0.106. The lowest BCUT2D eigenvalue weighted by molar-refractivity contribution is -0.647. The summed E-state index contributed by atoms with van der Waals surface area (Å²) in [5.41, 5.74) is 2.96. The second kappa shape index (κ2) is 13.1. The number of aromatic amines is 4. The molecule has 0 aliphatic carbocycles. The fourth-order valence-electron chi connectivity index (χ4n) is 4.59. The van der Waals surface area contributed by atoms with E-state index in [-0.39, 0.29) is 4.90 Å². The van der Waals surface area contributed by atoms with E-state index in [9.17, 15) is 8.42 Å². The van der Waals surface area contributed by atoms with Gasteiger partial charge in [-0.1, -0.05) is 52.0 Å². The molecule has 0 radical (unpaired) electrons. The SMILES string of the molecule is Cc1cccc(-c2nc(SCc3nn[nH]n3)[nH][n+]2-c2cc(-c3nc(SCc4nn[nH]n4)n[nH]3)oc2-c2cccc(S(=O)(=O)N(C)C)c2)c1. The number of nitrogens with zero attached hydrogens (tertiary/aromatic N) is 11. The van der Waals surface area contributed by atoms with Gasteiger partial charge >= 0.3 is 11.0 Å². The number of hydrogen-bond donors (Lipinski definition) is 4. The van der Waals surface area contributed by atoms with Crippen LogP contribution in [-0.4, -0.2) is 93.3 Å². The summed E-state index contributed by atoms with van der Waals surface area (Å²) in [4.78, 5) is 9.65. The Morgan fingerprint density at radius 2 is 1.60 bits per heavy atom. The summed E-state index contributed by atoms with van der Waals surface area (Å²) in [6.07, 6.45) is 0. The van der Waals surface area contributed by atoms with Crippen LogP contribution in [0.4, 0.5) is 0 Å². The van der Waals surface area contributed by atoms with E-state index in [0.29, 0.717) is 67.9 Å². The molecule has 0 atom stereocenters. The molecule has 0 spiro atoms. The first-order valence-electron chi connectivity index (χ1n) is 14.1. The van der Waals surface area contributed by atoms with Gasteiger partial charge in [-0.15, -0.1) is 30.2 Å². The van der Waals surface area contributed by atoms with E-state index >= 15 is 0 Å². The second-order valence-corrected chi connectivity index (χ2v) is 14.5. The van der Waals surface area contributed by atoms with Crippen LogP contribution in [0.5, 0.6) is 0 Å². The summed E-state index contributed by atoms with van der Waals surface area (Å²) in [7, 11) is -0.769. The average Bonchev–Trinajstić information content (AvgIpc) is 3.93. The maximum atomic E-state index is 13.1. The lowest BCUT2D eigenvalue weighted by Gasteiger charge is -2.12. The van der Waals surface area contributed by atoms with Crippen LogP contribution in [-0.2, 0) is 21.5 Å². The molecule has 21 heteroatoms. The number of furan rings is 1. The minimum absolute atomic E-state index is 0.110. The minimum atomic E-state index is -3.74. The molecule has 7 aromatic rings. The number of sulfonamides is 1. The van der Waals surface area contributed by atoms with Crippen molar-refractivity contribution in [2.24, 2.45) is 0 Å². The van der Waals surface area contributed by atoms with Crippen molar-refractivity contribution in [2.45, 2.75) is 33.6 Å². The Bertz CT molecular complexity index is 2280. The summed E-state index contributed by atoms with van der Waals surface area (Å²) in [5, 5.41) is 39.7. The van der Waals surface area contributed by atoms with Gasteiger partial charge in [-0.05, 0) is 47.9 Å². The van der Waals surface area contributed by atoms with Crippen molar-refractivity contribution in [2.75, 3.05) is 14.1 Å². The molecule has 48 heavy (non-hydrogen) atoms.